The van der Waals surface area contributed by atoms with Crippen molar-refractivity contribution in [1.82, 2.24) is 15.3 Å². The lowest BCUT2D eigenvalue weighted by Gasteiger charge is -2.34. The van der Waals surface area contributed by atoms with Crippen molar-refractivity contribution < 1.29 is 9.05 Å². The lowest BCUT2D eigenvalue weighted by atomic mass is 9.76. The Morgan fingerprint density at radius 2 is 2.10 bits per heavy atom. The van der Waals surface area contributed by atoms with E-state index >= 15 is 0 Å². The van der Waals surface area contributed by atoms with Gasteiger partial charge in [0.15, 0.2) is 5.82 Å². The molecule has 3 rings (SSSR count). The highest BCUT2D eigenvalue weighted by Gasteiger charge is 2.37. The summed E-state index contributed by atoms with van der Waals surface area (Å²) in [6, 6.07) is 0. The summed E-state index contributed by atoms with van der Waals surface area (Å²) in [6.45, 7) is 4.05. The lowest BCUT2D eigenvalue weighted by Crippen LogP contribution is -2.41. The zero-order chi connectivity index (χ0) is 14.2. The standard InChI is InChI=1S/C14H20N4O2/c1-3-10-4-6-14(15,7-5-10)13-17-12(20-18-13)11-8-16-19-9(11)2/h8,10H,3-7,15H2,1-2H3. The summed E-state index contributed by atoms with van der Waals surface area (Å²) in [4.78, 5) is 4.46. The zero-order valence-electron chi connectivity index (χ0n) is 11.9. The molecule has 2 heterocycles. The van der Waals surface area contributed by atoms with Gasteiger partial charge in [-0.3, -0.25) is 0 Å². The van der Waals surface area contributed by atoms with Crippen LogP contribution in [0.5, 0.6) is 0 Å². The Labute approximate surface area is 117 Å². The minimum atomic E-state index is -0.460. The van der Waals surface area contributed by atoms with Crippen molar-refractivity contribution in [2.75, 3.05) is 0 Å². The molecule has 6 nitrogen and oxygen atoms in total. The fraction of sp³-hybridized carbons (Fsp3) is 0.643. The molecule has 0 atom stereocenters. The van der Waals surface area contributed by atoms with Crippen LogP contribution in [0.25, 0.3) is 11.5 Å². The largest absolute Gasteiger partial charge is 0.361 e. The van der Waals surface area contributed by atoms with Gasteiger partial charge < -0.3 is 14.8 Å². The molecule has 2 aromatic heterocycles. The molecular weight excluding hydrogens is 256 g/mol. The Morgan fingerprint density at radius 1 is 1.35 bits per heavy atom. The Bertz CT molecular complexity index is 582. The Morgan fingerprint density at radius 3 is 2.70 bits per heavy atom. The molecule has 6 heteroatoms. The minimum absolute atomic E-state index is 0.432. The third-order valence-electron chi connectivity index (χ3n) is 4.43. The summed E-state index contributed by atoms with van der Waals surface area (Å²) in [5, 5.41) is 7.80. The number of nitrogens with two attached hydrogens (primary N) is 1. The summed E-state index contributed by atoms with van der Waals surface area (Å²) < 4.78 is 10.3. The maximum Gasteiger partial charge on any atom is 0.263 e. The molecular formula is C14H20N4O2. The number of hydrogen-bond donors (Lipinski definition) is 1. The number of hydrogen-bond acceptors (Lipinski definition) is 6. The fourth-order valence-corrected chi connectivity index (χ4v) is 2.86. The van der Waals surface area contributed by atoms with Crippen LogP contribution in [0.2, 0.25) is 0 Å². The SMILES string of the molecule is CCC1CCC(N)(c2noc(-c3cnoc3C)n2)CC1. The number of aromatic nitrogens is 3. The first-order valence-electron chi connectivity index (χ1n) is 7.17. The van der Waals surface area contributed by atoms with Crippen molar-refractivity contribution in [2.45, 2.75) is 51.5 Å². The van der Waals surface area contributed by atoms with Gasteiger partial charge in [-0.15, -0.1) is 0 Å². The molecule has 0 aliphatic heterocycles. The van der Waals surface area contributed by atoms with Gasteiger partial charge >= 0.3 is 0 Å². The van der Waals surface area contributed by atoms with Crippen LogP contribution >= 0.6 is 0 Å². The van der Waals surface area contributed by atoms with Gasteiger partial charge in [0.05, 0.1) is 11.7 Å². The normalized spacial score (nSPS) is 26.9. The molecule has 2 N–H and O–H groups in total. The second-order valence-corrected chi connectivity index (χ2v) is 5.73. The van der Waals surface area contributed by atoms with Crippen LogP contribution in [0.4, 0.5) is 0 Å². The van der Waals surface area contributed by atoms with Gasteiger partial charge in [0.25, 0.3) is 5.89 Å². The van der Waals surface area contributed by atoms with Crippen molar-refractivity contribution in [2.24, 2.45) is 11.7 Å². The highest BCUT2D eigenvalue weighted by Crippen LogP contribution is 2.38. The Balaban J connectivity index is 1.82. The predicted octanol–water partition coefficient (Wildman–Crippen LogP) is 2.79. The van der Waals surface area contributed by atoms with Crippen molar-refractivity contribution in [3.8, 4) is 11.5 Å². The average molecular weight is 276 g/mol. The second kappa shape index (κ2) is 5.01. The summed E-state index contributed by atoms with van der Waals surface area (Å²) in [7, 11) is 0. The Kier molecular flexibility index (Phi) is 3.33. The van der Waals surface area contributed by atoms with Crippen LogP contribution in [0, 0.1) is 12.8 Å². The van der Waals surface area contributed by atoms with Crippen LogP contribution in [0.1, 0.15) is 50.6 Å². The molecule has 0 amide bonds. The molecule has 1 saturated carbocycles. The molecule has 0 spiro atoms. The smallest absolute Gasteiger partial charge is 0.263 e. The second-order valence-electron chi connectivity index (χ2n) is 5.73. The third-order valence-corrected chi connectivity index (χ3v) is 4.43. The van der Waals surface area contributed by atoms with Crippen LogP contribution < -0.4 is 5.73 Å². The van der Waals surface area contributed by atoms with E-state index in [4.69, 9.17) is 14.8 Å². The topological polar surface area (TPSA) is 91.0 Å². The molecule has 20 heavy (non-hydrogen) atoms. The van der Waals surface area contributed by atoms with Crippen molar-refractivity contribution in [3.63, 3.8) is 0 Å². The maximum atomic E-state index is 6.48. The first-order valence-corrected chi connectivity index (χ1v) is 7.17. The molecule has 1 aliphatic rings. The monoisotopic (exact) mass is 276 g/mol. The first kappa shape index (κ1) is 13.3. The molecule has 0 radical (unpaired) electrons. The highest BCUT2D eigenvalue weighted by atomic mass is 16.5. The summed E-state index contributed by atoms with van der Waals surface area (Å²) >= 11 is 0. The highest BCUT2D eigenvalue weighted by molar-refractivity contribution is 5.53. The number of aryl methyl sites for hydroxylation is 1. The van der Waals surface area contributed by atoms with E-state index < -0.39 is 5.54 Å². The van der Waals surface area contributed by atoms with Gasteiger partial charge in [0.2, 0.25) is 0 Å². The van der Waals surface area contributed by atoms with E-state index in [1.807, 2.05) is 6.92 Å². The molecule has 2 aromatic rings. The predicted molar refractivity (Wildman–Crippen MR) is 72.6 cm³/mol. The molecule has 1 fully saturated rings. The van der Waals surface area contributed by atoms with Gasteiger partial charge in [-0.1, -0.05) is 23.7 Å². The molecule has 108 valence electrons. The van der Waals surface area contributed by atoms with E-state index in [1.165, 1.54) is 6.42 Å². The summed E-state index contributed by atoms with van der Waals surface area (Å²) in [6.07, 6.45) is 6.88. The van der Waals surface area contributed by atoms with Crippen LogP contribution in [0.3, 0.4) is 0 Å². The van der Waals surface area contributed by atoms with Crippen molar-refractivity contribution in [1.29, 1.82) is 0 Å². The van der Waals surface area contributed by atoms with Gasteiger partial charge in [-0.25, -0.2) is 0 Å². The zero-order valence-corrected chi connectivity index (χ0v) is 11.9. The van der Waals surface area contributed by atoms with Crippen LogP contribution in [-0.4, -0.2) is 15.3 Å². The molecule has 0 saturated heterocycles. The maximum absolute atomic E-state index is 6.48. The van der Waals surface area contributed by atoms with Gasteiger partial charge in [-0.05, 0) is 38.5 Å². The number of rotatable bonds is 3. The van der Waals surface area contributed by atoms with E-state index in [0.717, 1.165) is 37.2 Å². The fourth-order valence-electron chi connectivity index (χ4n) is 2.86. The van der Waals surface area contributed by atoms with Crippen LogP contribution in [0.15, 0.2) is 15.2 Å². The van der Waals surface area contributed by atoms with Crippen LogP contribution in [-0.2, 0) is 5.54 Å². The molecule has 1 aliphatic carbocycles. The first-order chi connectivity index (χ1) is 9.62. The molecule has 0 unspecified atom stereocenters. The van der Waals surface area contributed by atoms with Gasteiger partial charge in [0, 0.05) is 0 Å². The summed E-state index contributed by atoms with van der Waals surface area (Å²) in [5.74, 6) is 2.48. The van der Waals surface area contributed by atoms with E-state index in [1.54, 1.807) is 6.20 Å². The van der Waals surface area contributed by atoms with Gasteiger partial charge in [-0.2, -0.15) is 4.98 Å². The molecule has 0 aromatic carbocycles. The van der Waals surface area contributed by atoms with E-state index in [-0.39, 0.29) is 0 Å². The summed E-state index contributed by atoms with van der Waals surface area (Å²) in [5.41, 5.74) is 6.75. The van der Waals surface area contributed by atoms with E-state index in [9.17, 15) is 0 Å². The Hall–Kier alpha value is -1.69. The van der Waals surface area contributed by atoms with Crippen molar-refractivity contribution >= 4 is 0 Å². The van der Waals surface area contributed by atoms with Crippen molar-refractivity contribution in [3.05, 3.63) is 17.8 Å². The van der Waals surface area contributed by atoms with Gasteiger partial charge in [0.1, 0.15) is 11.3 Å². The number of nitrogens with zero attached hydrogens (tertiary/aromatic N) is 3. The van der Waals surface area contributed by atoms with E-state index in [0.29, 0.717) is 17.5 Å². The average Bonchev–Trinajstić information content (AvgIpc) is 3.08. The minimum Gasteiger partial charge on any atom is -0.361 e. The lowest BCUT2D eigenvalue weighted by molar-refractivity contribution is 0.216. The molecule has 0 bridgehead atoms. The van der Waals surface area contributed by atoms with E-state index in [2.05, 4.69) is 22.2 Å². The quantitative estimate of drug-likeness (QED) is 0.926. The third kappa shape index (κ3) is 2.24.